The van der Waals surface area contributed by atoms with Crippen LogP contribution in [0.3, 0.4) is 0 Å². The average molecular weight is 377 g/mol. The number of carbonyl (C=O) groups excluding carboxylic acids is 1. The van der Waals surface area contributed by atoms with Crippen molar-refractivity contribution in [3.8, 4) is 0 Å². The first kappa shape index (κ1) is 18.7. The van der Waals surface area contributed by atoms with Gasteiger partial charge in [-0.15, -0.1) is 0 Å². The van der Waals surface area contributed by atoms with Gasteiger partial charge in [-0.3, -0.25) is 9.69 Å². The summed E-state index contributed by atoms with van der Waals surface area (Å²) in [5.41, 5.74) is 6.90. The topological polar surface area (TPSA) is 61.9 Å². The number of nitrogens with zero attached hydrogens (tertiary/aromatic N) is 3. The maximum absolute atomic E-state index is 13.6. The quantitative estimate of drug-likeness (QED) is 0.756. The summed E-state index contributed by atoms with van der Waals surface area (Å²) in [7, 11) is 0. The molecule has 28 heavy (non-hydrogen) atoms. The number of unbranched alkanes of at least 4 members (excludes halogenated alkanes) is 1. The molecule has 0 atom stereocenters. The smallest absolute Gasteiger partial charge is 0.266 e. The summed E-state index contributed by atoms with van der Waals surface area (Å²) >= 11 is 0. The molecule has 0 radical (unpaired) electrons. The van der Waals surface area contributed by atoms with Crippen LogP contribution in [0.5, 0.6) is 0 Å². The number of aliphatic imine (C=N–C) groups is 1. The Labute approximate surface area is 166 Å². The molecule has 0 aromatic heterocycles. The minimum Gasteiger partial charge on any atom is -0.369 e. The van der Waals surface area contributed by atoms with Gasteiger partial charge < -0.3 is 10.6 Å². The van der Waals surface area contributed by atoms with Crippen molar-refractivity contribution in [2.45, 2.75) is 31.2 Å². The van der Waals surface area contributed by atoms with Crippen LogP contribution < -0.4 is 5.73 Å². The molecule has 2 aliphatic rings. The minimum absolute atomic E-state index is 0.0522. The molecule has 1 saturated heterocycles. The fourth-order valence-electron chi connectivity index (χ4n) is 4.31. The lowest BCUT2D eigenvalue weighted by atomic mass is 9.83. The second-order valence-corrected chi connectivity index (χ2v) is 7.63. The largest absolute Gasteiger partial charge is 0.369 e. The van der Waals surface area contributed by atoms with Crippen molar-refractivity contribution in [1.82, 2.24) is 9.80 Å². The first-order valence-electron chi connectivity index (χ1n) is 10.2. The monoisotopic (exact) mass is 376 g/mol. The van der Waals surface area contributed by atoms with Crippen molar-refractivity contribution in [2.75, 3.05) is 26.2 Å². The number of likely N-dealkylation sites (tertiary alicyclic amines) is 1. The van der Waals surface area contributed by atoms with Gasteiger partial charge in [0.05, 0.1) is 0 Å². The SMILES string of the molecule is NC1=NC(c2ccccc2)(c2ccccc2)C(=O)N1CCCCN1CCCC1. The van der Waals surface area contributed by atoms with Crippen LogP contribution in [0.1, 0.15) is 36.8 Å². The first-order chi connectivity index (χ1) is 13.7. The molecule has 0 spiro atoms. The third-order valence-electron chi connectivity index (χ3n) is 5.80. The molecule has 0 saturated carbocycles. The lowest BCUT2D eigenvalue weighted by Crippen LogP contribution is -2.44. The van der Waals surface area contributed by atoms with E-state index in [1.54, 1.807) is 4.90 Å². The maximum Gasteiger partial charge on any atom is 0.266 e. The van der Waals surface area contributed by atoms with Crippen LogP contribution >= 0.6 is 0 Å². The summed E-state index contributed by atoms with van der Waals surface area (Å²) in [6.45, 7) is 4.12. The molecule has 2 heterocycles. The number of hydrogen-bond acceptors (Lipinski definition) is 4. The second kappa shape index (κ2) is 8.15. The zero-order valence-corrected chi connectivity index (χ0v) is 16.3. The van der Waals surface area contributed by atoms with Gasteiger partial charge in [-0.25, -0.2) is 4.99 Å². The molecule has 2 aromatic carbocycles. The molecule has 0 aliphatic carbocycles. The molecule has 146 valence electrons. The van der Waals surface area contributed by atoms with Gasteiger partial charge >= 0.3 is 0 Å². The van der Waals surface area contributed by atoms with Crippen LogP contribution in [0.15, 0.2) is 65.7 Å². The standard InChI is InChI=1S/C23H28N4O/c24-22-25-23(19-11-3-1-4-12-19,20-13-5-2-6-14-20)21(28)27(22)18-10-9-17-26-15-7-8-16-26/h1-6,11-14H,7-10,15-18H2,(H2,24,25). The van der Waals surface area contributed by atoms with E-state index in [2.05, 4.69) is 4.90 Å². The normalized spacial score (nSPS) is 19.2. The van der Waals surface area contributed by atoms with E-state index in [9.17, 15) is 4.79 Å². The number of amides is 1. The minimum atomic E-state index is -1.08. The zero-order valence-electron chi connectivity index (χ0n) is 16.3. The highest BCUT2D eigenvalue weighted by Crippen LogP contribution is 2.39. The Bertz CT molecular complexity index is 789. The van der Waals surface area contributed by atoms with Crippen molar-refractivity contribution in [2.24, 2.45) is 10.7 Å². The Morgan fingerprint density at radius 3 is 1.96 bits per heavy atom. The zero-order chi connectivity index (χ0) is 19.4. The van der Waals surface area contributed by atoms with E-state index >= 15 is 0 Å². The van der Waals surface area contributed by atoms with Crippen molar-refractivity contribution >= 4 is 11.9 Å². The molecule has 0 bridgehead atoms. The third kappa shape index (κ3) is 3.42. The summed E-state index contributed by atoms with van der Waals surface area (Å²) in [5.74, 6) is 0.266. The fraction of sp³-hybridized carbons (Fsp3) is 0.391. The van der Waals surface area contributed by atoms with Gasteiger partial charge in [-0.05, 0) is 56.4 Å². The average Bonchev–Trinajstić information content (AvgIpc) is 3.34. The maximum atomic E-state index is 13.6. The third-order valence-corrected chi connectivity index (χ3v) is 5.80. The molecule has 5 nitrogen and oxygen atoms in total. The van der Waals surface area contributed by atoms with E-state index in [-0.39, 0.29) is 5.91 Å². The van der Waals surface area contributed by atoms with E-state index in [0.29, 0.717) is 12.5 Å². The van der Waals surface area contributed by atoms with Gasteiger partial charge in [0.15, 0.2) is 11.5 Å². The molecule has 2 N–H and O–H groups in total. The summed E-state index contributed by atoms with van der Waals surface area (Å²) in [4.78, 5) is 22.5. The number of carbonyl (C=O) groups is 1. The Morgan fingerprint density at radius 1 is 0.857 bits per heavy atom. The highest BCUT2D eigenvalue weighted by molar-refractivity contribution is 6.09. The van der Waals surface area contributed by atoms with Gasteiger partial charge in [-0.1, -0.05) is 60.7 Å². The fourth-order valence-corrected chi connectivity index (χ4v) is 4.31. The van der Waals surface area contributed by atoms with Crippen LogP contribution in [-0.2, 0) is 10.3 Å². The second-order valence-electron chi connectivity index (χ2n) is 7.63. The Balaban J connectivity index is 1.54. The molecular weight excluding hydrogens is 348 g/mol. The van der Waals surface area contributed by atoms with Gasteiger partial charge in [0.1, 0.15) is 0 Å². The molecule has 0 unspecified atom stereocenters. The lowest BCUT2D eigenvalue weighted by molar-refractivity contribution is -0.130. The summed E-state index contributed by atoms with van der Waals surface area (Å²) in [6.07, 6.45) is 4.61. The van der Waals surface area contributed by atoms with Gasteiger partial charge in [0.25, 0.3) is 5.91 Å². The van der Waals surface area contributed by atoms with E-state index in [1.165, 1.54) is 25.9 Å². The number of benzene rings is 2. The predicted molar refractivity (Wildman–Crippen MR) is 112 cm³/mol. The molecule has 2 aromatic rings. The highest BCUT2D eigenvalue weighted by Gasteiger charge is 2.50. The van der Waals surface area contributed by atoms with Crippen LogP contribution in [0.25, 0.3) is 0 Å². The highest BCUT2D eigenvalue weighted by atomic mass is 16.2. The Kier molecular flexibility index (Phi) is 5.44. The number of rotatable bonds is 7. The molecular formula is C23H28N4O. The molecule has 2 aliphatic heterocycles. The number of hydrogen-bond donors (Lipinski definition) is 1. The van der Waals surface area contributed by atoms with Crippen molar-refractivity contribution < 1.29 is 4.79 Å². The molecule has 1 amide bonds. The molecule has 5 heteroatoms. The van der Waals surface area contributed by atoms with E-state index in [4.69, 9.17) is 10.7 Å². The predicted octanol–water partition coefficient (Wildman–Crippen LogP) is 2.96. The van der Waals surface area contributed by atoms with Gasteiger partial charge in [0.2, 0.25) is 0 Å². The van der Waals surface area contributed by atoms with E-state index in [1.807, 2.05) is 60.7 Å². The Morgan fingerprint density at radius 2 is 1.39 bits per heavy atom. The van der Waals surface area contributed by atoms with Crippen LogP contribution in [0.2, 0.25) is 0 Å². The summed E-state index contributed by atoms with van der Waals surface area (Å²) < 4.78 is 0. The first-order valence-corrected chi connectivity index (χ1v) is 10.2. The molecule has 4 rings (SSSR count). The van der Waals surface area contributed by atoms with Crippen LogP contribution in [0.4, 0.5) is 0 Å². The van der Waals surface area contributed by atoms with Crippen molar-refractivity contribution in [1.29, 1.82) is 0 Å². The number of nitrogens with two attached hydrogens (primary N) is 1. The van der Waals surface area contributed by atoms with Crippen molar-refractivity contribution in [3.05, 3.63) is 71.8 Å². The van der Waals surface area contributed by atoms with Gasteiger partial charge in [-0.2, -0.15) is 0 Å². The van der Waals surface area contributed by atoms with E-state index in [0.717, 1.165) is 30.5 Å². The van der Waals surface area contributed by atoms with Crippen molar-refractivity contribution in [3.63, 3.8) is 0 Å². The number of guanidine groups is 1. The lowest BCUT2D eigenvalue weighted by Gasteiger charge is -2.27. The Hall–Kier alpha value is -2.66. The van der Waals surface area contributed by atoms with Crippen LogP contribution in [-0.4, -0.2) is 47.8 Å². The summed E-state index contributed by atoms with van der Waals surface area (Å²) in [5, 5.41) is 0. The van der Waals surface area contributed by atoms with E-state index < -0.39 is 5.54 Å². The molecule has 1 fully saturated rings. The summed E-state index contributed by atoms with van der Waals surface area (Å²) in [6, 6.07) is 19.5. The van der Waals surface area contributed by atoms with Crippen LogP contribution in [0, 0.1) is 0 Å². The van der Waals surface area contributed by atoms with Gasteiger partial charge in [0, 0.05) is 6.54 Å².